The van der Waals surface area contributed by atoms with Crippen molar-refractivity contribution >= 4 is 11.5 Å². The van der Waals surface area contributed by atoms with Crippen LogP contribution in [0.15, 0.2) is 48.5 Å². The van der Waals surface area contributed by atoms with E-state index in [0.717, 1.165) is 33.9 Å². The van der Waals surface area contributed by atoms with Crippen LogP contribution in [0.4, 0.5) is 0 Å². The lowest BCUT2D eigenvalue weighted by Crippen LogP contribution is -2.24. The van der Waals surface area contributed by atoms with Gasteiger partial charge >= 0.3 is 0 Å². The molecule has 0 saturated heterocycles. The summed E-state index contributed by atoms with van der Waals surface area (Å²) in [6, 6.07) is 13.3. The van der Waals surface area contributed by atoms with Crippen molar-refractivity contribution in [3.8, 4) is 17.2 Å². The molecule has 0 aliphatic carbocycles. The summed E-state index contributed by atoms with van der Waals surface area (Å²) in [7, 11) is 4.87. The third kappa shape index (κ3) is 5.28. The highest BCUT2D eigenvalue weighted by atomic mass is 16.5. The van der Waals surface area contributed by atoms with Gasteiger partial charge in [0, 0.05) is 18.7 Å². The highest BCUT2D eigenvalue weighted by molar-refractivity contribution is 5.94. The number of carbonyl (C=O) groups is 1. The van der Waals surface area contributed by atoms with Crippen molar-refractivity contribution in [3.63, 3.8) is 0 Å². The quantitative estimate of drug-likeness (QED) is 0.737. The number of carbonyl (C=O) groups excluding carboxylic acids is 1. The van der Waals surface area contributed by atoms with Crippen molar-refractivity contribution in [1.29, 1.82) is 0 Å². The molecule has 0 bridgehead atoms. The maximum absolute atomic E-state index is 12.1. The number of hydrogen-bond acceptors (Lipinski definition) is 4. The molecule has 0 atom stereocenters. The van der Waals surface area contributed by atoms with E-state index in [1.165, 1.54) is 0 Å². The SMILES string of the molecule is COc1ccc(/C(C)=C/C(=O)NCCc2ccc(OC)cc2OC)cc1. The molecule has 5 heteroatoms. The Bertz CT molecular complexity index is 766. The molecular formula is C21H25NO4. The van der Waals surface area contributed by atoms with Gasteiger partial charge in [-0.15, -0.1) is 0 Å². The maximum atomic E-state index is 12.1. The van der Waals surface area contributed by atoms with E-state index in [1.807, 2.05) is 49.4 Å². The molecule has 0 saturated carbocycles. The van der Waals surface area contributed by atoms with E-state index >= 15 is 0 Å². The standard InChI is InChI=1S/C21H25NO4/c1-15(16-5-8-18(24-2)9-6-16)13-21(23)22-12-11-17-7-10-19(25-3)14-20(17)26-4/h5-10,13-14H,11-12H2,1-4H3,(H,22,23)/b15-13+. The van der Waals surface area contributed by atoms with Gasteiger partial charge in [0.1, 0.15) is 17.2 Å². The number of ether oxygens (including phenoxy) is 3. The van der Waals surface area contributed by atoms with Gasteiger partial charge in [-0.05, 0) is 48.2 Å². The summed E-state index contributed by atoms with van der Waals surface area (Å²) in [5, 5.41) is 2.91. The van der Waals surface area contributed by atoms with Gasteiger partial charge in [-0.1, -0.05) is 18.2 Å². The summed E-state index contributed by atoms with van der Waals surface area (Å²) in [6.07, 6.45) is 2.28. The minimum absolute atomic E-state index is 0.120. The fourth-order valence-corrected chi connectivity index (χ4v) is 2.56. The summed E-state index contributed by atoms with van der Waals surface area (Å²) in [5.74, 6) is 2.17. The van der Waals surface area contributed by atoms with Crippen LogP contribution in [0.5, 0.6) is 17.2 Å². The number of rotatable bonds is 8. The van der Waals surface area contributed by atoms with E-state index in [2.05, 4.69) is 5.32 Å². The number of allylic oxidation sites excluding steroid dienone is 1. The average molecular weight is 355 g/mol. The zero-order chi connectivity index (χ0) is 18.9. The Labute approximate surface area is 154 Å². The molecule has 0 aliphatic rings. The molecule has 2 rings (SSSR count). The predicted molar refractivity (Wildman–Crippen MR) is 103 cm³/mol. The first-order chi connectivity index (χ1) is 12.6. The van der Waals surface area contributed by atoms with Crippen LogP contribution in [0.3, 0.4) is 0 Å². The fourth-order valence-electron chi connectivity index (χ4n) is 2.56. The second-order valence-electron chi connectivity index (χ2n) is 5.77. The van der Waals surface area contributed by atoms with E-state index in [9.17, 15) is 4.79 Å². The Hall–Kier alpha value is -2.95. The number of methoxy groups -OCH3 is 3. The van der Waals surface area contributed by atoms with Gasteiger partial charge in [0.25, 0.3) is 0 Å². The molecule has 0 heterocycles. The van der Waals surface area contributed by atoms with Gasteiger partial charge in [0.05, 0.1) is 21.3 Å². The Morgan fingerprint density at radius 1 is 0.962 bits per heavy atom. The molecule has 1 N–H and O–H groups in total. The smallest absolute Gasteiger partial charge is 0.244 e. The second-order valence-corrected chi connectivity index (χ2v) is 5.77. The van der Waals surface area contributed by atoms with Crippen molar-refractivity contribution in [1.82, 2.24) is 5.32 Å². The van der Waals surface area contributed by atoms with Crippen LogP contribution in [0.25, 0.3) is 5.57 Å². The van der Waals surface area contributed by atoms with Gasteiger partial charge in [-0.3, -0.25) is 4.79 Å². The molecule has 0 aromatic heterocycles. The molecule has 5 nitrogen and oxygen atoms in total. The van der Waals surface area contributed by atoms with Crippen LogP contribution in [-0.4, -0.2) is 33.8 Å². The van der Waals surface area contributed by atoms with Crippen LogP contribution < -0.4 is 19.5 Å². The van der Waals surface area contributed by atoms with Crippen LogP contribution in [0.1, 0.15) is 18.1 Å². The molecule has 138 valence electrons. The third-order valence-electron chi connectivity index (χ3n) is 4.08. The van der Waals surface area contributed by atoms with E-state index in [1.54, 1.807) is 27.4 Å². The highest BCUT2D eigenvalue weighted by Crippen LogP contribution is 2.24. The molecule has 0 fully saturated rings. The molecule has 2 aromatic rings. The minimum Gasteiger partial charge on any atom is -0.497 e. The summed E-state index contributed by atoms with van der Waals surface area (Å²) in [6.45, 7) is 2.43. The maximum Gasteiger partial charge on any atom is 0.244 e. The largest absolute Gasteiger partial charge is 0.497 e. The topological polar surface area (TPSA) is 56.8 Å². The van der Waals surface area contributed by atoms with E-state index in [0.29, 0.717) is 13.0 Å². The van der Waals surface area contributed by atoms with Crippen molar-refractivity contribution in [3.05, 3.63) is 59.7 Å². The summed E-state index contributed by atoms with van der Waals surface area (Å²) < 4.78 is 15.7. The van der Waals surface area contributed by atoms with E-state index in [4.69, 9.17) is 14.2 Å². The Kier molecular flexibility index (Phi) is 7.09. The fraction of sp³-hybridized carbons (Fsp3) is 0.286. The summed E-state index contributed by atoms with van der Waals surface area (Å²) in [5.41, 5.74) is 2.90. The Balaban J connectivity index is 1.91. The van der Waals surface area contributed by atoms with Crippen LogP contribution in [-0.2, 0) is 11.2 Å². The predicted octanol–water partition coefficient (Wildman–Crippen LogP) is 3.47. The van der Waals surface area contributed by atoms with Gasteiger partial charge in [-0.2, -0.15) is 0 Å². The Morgan fingerprint density at radius 3 is 2.23 bits per heavy atom. The lowest BCUT2D eigenvalue weighted by atomic mass is 10.1. The summed E-state index contributed by atoms with van der Waals surface area (Å²) in [4.78, 5) is 12.1. The zero-order valence-corrected chi connectivity index (χ0v) is 15.7. The van der Waals surface area contributed by atoms with Crippen molar-refractivity contribution < 1.29 is 19.0 Å². The van der Waals surface area contributed by atoms with Gasteiger partial charge in [-0.25, -0.2) is 0 Å². The number of hydrogen-bond donors (Lipinski definition) is 1. The van der Waals surface area contributed by atoms with Crippen LogP contribution in [0.2, 0.25) is 0 Å². The molecule has 0 unspecified atom stereocenters. The highest BCUT2D eigenvalue weighted by Gasteiger charge is 2.06. The molecule has 0 spiro atoms. The van der Waals surface area contributed by atoms with Crippen LogP contribution >= 0.6 is 0 Å². The second kappa shape index (κ2) is 9.51. The number of amides is 1. The van der Waals surface area contributed by atoms with Crippen LogP contribution in [0, 0.1) is 0 Å². The molecule has 26 heavy (non-hydrogen) atoms. The summed E-state index contributed by atoms with van der Waals surface area (Å²) >= 11 is 0. The molecular weight excluding hydrogens is 330 g/mol. The first-order valence-electron chi connectivity index (χ1n) is 8.39. The number of benzene rings is 2. The lowest BCUT2D eigenvalue weighted by Gasteiger charge is -2.10. The van der Waals surface area contributed by atoms with Crippen molar-refractivity contribution in [2.45, 2.75) is 13.3 Å². The first kappa shape index (κ1) is 19.4. The van der Waals surface area contributed by atoms with Gasteiger partial charge in [0.15, 0.2) is 0 Å². The van der Waals surface area contributed by atoms with Crippen molar-refractivity contribution in [2.24, 2.45) is 0 Å². The van der Waals surface area contributed by atoms with E-state index in [-0.39, 0.29) is 5.91 Å². The van der Waals surface area contributed by atoms with E-state index < -0.39 is 0 Å². The monoisotopic (exact) mass is 355 g/mol. The van der Waals surface area contributed by atoms with Gasteiger partial charge in [0.2, 0.25) is 5.91 Å². The molecule has 0 aliphatic heterocycles. The number of nitrogens with one attached hydrogen (secondary N) is 1. The van der Waals surface area contributed by atoms with Gasteiger partial charge < -0.3 is 19.5 Å². The third-order valence-corrected chi connectivity index (χ3v) is 4.08. The lowest BCUT2D eigenvalue weighted by molar-refractivity contribution is -0.116. The average Bonchev–Trinajstić information content (AvgIpc) is 2.68. The Morgan fingerprint density at radius 2 is 1.62 bits per heavy atom. The van der Waals surface area contributed by atoms with Crippen molar-refractivity contribution in [2.75, 3.05) is 27.9 Å². The zero-order valence-electron chi connectivity index (χ0n) is 15.7. The molecule has 1 amide bonds. The normalized spacial score (nSPS) is 11.0. The molecule has 2 aromatic carbocycles. The molecule has 0 radical (unpaired) electrons. The minimum atomic E-state index is -0.120. The first-order valence-corrected chi connectivity index (χ1v) is 8.39.